The molecular weight excluding hydrogens is 1940 g/mol. The van der Waals surface area contributed by atoms with Crippen molar-refractivity contribution in [1.29, 1.82) is 0 Å². The molecule has 0 aliphatic heterocycles. The van der Waals surface area contributed by atoms with Gasteiger partial charge in [-0.3, -0.25) is 19.6 Å². The monoisotopic (exact) mass is 2020 g/mol. The Balaban J connectivity index is 0.000000195. The summed E-state index contributed by atoms with van der Waals surface area (Å²) in [5, 5.41) is 25.9. The van der Waals surface area contributed by atoms with E-state index in [1.807, 2.05) is 33.9 Å². The van der Waals surface area contributed by atoms with Crippen LogP contribution in [0.15, 0.2) is 145 Å². The number of aromatic carboxylic acids is 1. The van der Waals surface area contributed by atoms with Gasteiger partial charge in [0, 0.05) is 52.3 Å². The number of hydrogen-bond acceptors (Lipinski definition) is 36. The first-order chi connectivity index (χ1) is 63.0. The minimum atomic E-state index is -2.31. The molecule has 12 aromatic heterocycles. The number of nitrogens with two attached hydrogens (primary N) is 5. The van der Waals surface area contributed by atoms with Crippen molar-refractivity contribution in [2.45, 2.75) is 126 Å². The van der Waals surface area contributed by atoms with Gasteiger partial charge in [-0.15, -0.1) is 0 Å². The van der Waals surface area contributed by atoms with Crippen LogP contribution >= 0.6 is 58.0 Å². The first-order valence-electron chi connectivity index (χ1n) is 39.7. The van der Waals surface area contributed by atoms with Gasteiger partial charge in [-0.1, -0.05) is 70.1 Å². The van der Waals surface area contributed by atoms with E-state index in [0.717, 1.165) is 47.0 Å². The summed E-state index contributed by atoms with van der Waals surface area (Å²) < 4.78 is 95.6. The SMILES string of the molecule is CCC[CH2][Sn]([CH2]CCC)([CH2]CCC)[c]1ncco1.COC(=O)c1nc(Cl)c(-c2ncco2)nc1N.COC(=O)c1nc(Cl)c(Cl)nc1N.Cc1cc(-c2nc(C(=O)CCc3c(F)cccc3F)c(N)nc2-c2ncco2)cc(C)n1.Cc1cc(B(O)O)cc(C)n1.Nc1nc(-c2ncco2)c(Cl)nc1C(=O)CCc1c(F)cccc1F.Nc1nc(-c2ncco2)c(Cl)nc1C(=O)O. The van der Waals surface area contributed by atoms with E-state index in [4.69, 9.17) is 124 Å². The Morgan fingerprint density at radius 2 is 0.727 bits per heavy atom. The molecule has 2 aromatic carbocycles. The van der Waals surface area contributed by atoms with Crippen LogP contribution in [0.5, 0.6) is 0 Å². The van der Waals surface area contributed by atoms with Crippen molar-refractivity contribution in [3.63, 3.8) is 0 Å². The minimum Gasteiger partial charge on any atom is -0.476 e. The number of carbonyl (C=O) groups excluding carboxylic acids is 4. The Labute approximate surface area is 780 Å². The molecule has 12 heterocycles. The van der Waals surface area contributed by atoms with E-state index in [9.17, 15) is 41.5 Å². The number of rotatable bonds is 27. The molecule has 0 spiro atoms. The number of methoxy groups -OCH3 is 2. The molecule has 0 amide bonds. The average molecular weight is 2030 g/mol. The summed E-state index contributed by atoms with van der Waals surface area (Å²) in [5.41, 5.74) is 32.1. The first-order valence-corrected chi connectivity index (χ1v) is 49.1. The van der Waals surface area contributed by atoms with E-state index in [1.165, 1.54) is 132 Å². The van der Waals surface area contributed by atoms with Gasteiger partial charge < -0.3 is 71.0 Å². The quantitative estimate of drug-likeness (QED) is 0.0103. The van der Waals surface area contributed by atoms with Crippen LogP contribution in [0.2, 0.25) is 39.1 Å². The Kier molecular flexibility index (Phi) is 39.8. The summed E-state index contributed by atoms with van der Waals surface area (Å²) in [5.74, 6) is -6.74. The fourth-order valence-electron chi connectivity index (χ4n) is 12.3. The number of aryl methyl sites for hydroxylation is 4. The van der Waals surface area contributed by atoms with Gasteiger partial charge in [-0.25, -0.2) is 102 Å². The van der Waals surface area contributed by atoms with Crippen molar-refractivity contribution >= 4 is 151 Å². The number of hydrogen-bond donors (Lipinski definition) is 8. The molecule has 132 heavy (non-hydrogen) atoms. The summed E-state index contributed by atoms with van der Waals surface area (Å²) >= 11 is 26.3. The molecule has 0 unspecified atom stereocenters. The smallest absolute Gasteiger partial charge is 0.476 e. The molecular formula is C84H86BCl5F4N22O15Sn. The molecule has 13 N–H and O–H groups in total. The Bertz CT molecular complexity index is 6150. The Morgan fingerprint density at radius 1 is 0.409 bits per heavy atom. The molecule has 0 saturated heterocycles. The number of ketones is 2. The number of aromatic nitrogens is 17. The third kappa shape index (κ3) is 28.9. The van der Waals surface area contributed by atoms with E-state index in [2.05, 4.69) is 115 Å². The third-order valence-electron chi connectivity index (χ3n) is 18.4. The topological polar surface area (TPSA) is 579 Å². The van der Waals surface area contributed by atoms with Crippen molar-refractivity contribution in [1.82, 2.24) is 84.7 Å². The normalized spacial score (nSPS) is 10.7. The van der Waals surface area contributed by atoms with Crippen LogP contribution in [0.3, 0.4) is 0 Å². The number of pyridine rings is 2. The number of Topliss-reactive ketones (excluding diaryl/α,β-unsaturated/α-hetero) is 2. The fraction of sp³-hybridized carbons (Fsp3) is 0.262. The van der Waals surface area contributed by atoms with Gasteiger partial charge >= 0.3 is 142 Å². The van der Waals surface area contributed by atoms with Crippen LogP contribution in [0.1, 0.15) is 158 Å². The molecule has 0 saturated carbocycles. The number of unbranched alkanes of at least 4 members (excludes halogenated alkanes) is 3. The molecule has 0 aliphatic rings. The summed E-state index contributed by atoms with van der Waals surface area (Å²) in [6.45, 7) is 14.2. The summed E-state index contributed by atoms with van der Waals surface area (Å²) in [6, 6.07) is 14.0. The standard InChI is InChI=1S/C23H19F2N5O2.C16H11ClF2N4O2.C9H7ClN4O3.C8H5ClN4O3.C7H10BNO2.C6H5Cl2N3O2.3C4H9.C3H2NO.Sn/c1-12-10-14(11-13(2)28-12)19-21(23-27-8-9-32-23)30-22(26)20(29-19)18(31)7-6-15-16(24)4-3-5-17(15)25;17-14-13(16-21-6-7-25-16)23-15(20)12(22-14)11(24)5-4-8-9(18)2-1-3-10(8)19;1-16-9(15)5-7(11)14-4(6(10)13-5)8-12-2-3-17-8;9-5-3(7-11-1-2-16-7)13-6(10)4(12-5)8(14)15;1-5-3-7(8(10)11)4-6(2)9-5;1-13-6(12)2-5(9)11-4(8)3(7)10-2;3*1-3-4-2;1-2-5-3-4-1;/h3-5,8-11H,6-7H2,1-2H3,(H2,26,30);1-3,6-7H,4-5H2,(H2,20,23);2-3H,1H3,(H2,11,14);1-2H,(H2,10,13)(H,14,15);3-4,10-11H,1-2H3;1H3,(H2,9,11);3*1,3-4H2,2H3;1-2H;. The molecule has 0 radical (unpaired) electrons. The van der Waals surface area contributed by atoms with E-state index in [1.54, 1.807) is 30.5 Å². The number of ether oxygens (including phenoxy) is 2. The van der Waals surface area contributed by atoms with Crippen LogP contribution in [0.4, 0.5) is 46.7 Å². The number of halogens is 9. The maximum absolute atomic E-state index is 13.9. The first kappa shape index (κ1) is 104. The number of nitrogens with zero attached hydrogens (tertiary/aromatic N) is 17. The van der Waals surface area contributed by atoms with Crippen LogP contribution in [-0.2, 0) is 22.3 Å². The zero-order valence-electron chi connectivity index (χ0n) is 71.9. The molecule has 0 atom stereocenters. The largest absolute Gasteiger partial charge is 0.488 e. The van der Waals surface area contributed by atoms with Crippen LogP contribution in [0.25, 0.3) is 57.6 Å². The molecule has 14 aromatic rings. The van der Waals surface area contributed by atoms with Crippen molar-refractivity contribution < 1.29 is 88.2 Å². The van der Waals surface area contributed by atoms with Crippen molar-refractivity contribution in [2.24, 2.45) is 0 Å². The van der Waals surface area contributed by atoms with Crippen molar-refractivity contribution in [3.05, 3.63) is 234 Å². The summed E-state index contributed by atoms with van der Waals surface area (Å²) in [7, 11) is 1.01. The summed E-state index contributed by atoms with van der Waals surface area (Å²) in [4.78, 5) is 126. The predicted molar refractivity (Wildman–Crippen MR) is 484 cm³/mol. The van der Waals surface area contributed by atoms with Gasteiger partial charge in [0.05, 0.1) is 39.0 Å². The van der Waals surface area contributed by atoms with E-state index < -0.39 is 83.9 Å². The van der Waals surface area contributed by atoms with Gasteiger partial charge in [-0.2, -0.15) is 0 Å². The van der Waals surface area contributed by atoms with Crippen LogP contribution in [-0.4, -0.2) is 169 Å². The number of carboxylic acid groups (broad SMARTS) is 1. The second-order valence-electron chi connectivity index (χ2n) is 28.0. The van der Waals surface area contributed by atoms with Gasteiger partial charge in [0.25, 0.3) is 0 Å². The number of benzene rings is 2. The maximum Gasteiger partial charge on any atom is 0.488 e. The number of esters is 2. The molecule has 692 valence electrons. The van der Waals surface area contributed by atoms with Crippen molar-refractivity contribution in [3.8, 4) is 57.6 Å². The number of carboxylic acids is 1. The zero-order chi connectivity index (χ0) is 96.6. The predicted octanol–water partition coefficient (Wildman–Crippen LogP) is 15.4. The van der Waals surface area contributed by atoms with E-state index in [0.29, 0.717) is 16.7 Å². The fourth-order valence-corrected chi connectivity index (χ4v) is 27.9. The number of nitrogen functional groups attached to an aromatic ring is 5. The molecule has 0 bridgehead atoms. The Morgan fingerprint density at radius 3 is 1.08 bits per heavy atom. The molecule has 48 heteroatoms. The second kappa shape index (κ2) is 50.3. The van der Waals surface area contributed by atoms with Crippen LogP contribution in [0, 0.1) is 51.0 Å². The minimum absolute atomic E-state index is 0.0398. The van der Waals surface area contributed by atoms with E-state index >= 15 is 0 Å². The molecule has 14 rings (SSSR count). The molecule has 0 aliphatic carbocycles. The second-order valence-corrected chi connectivity index (χ2v) is 42.6. The Hall–Kier alpha value is -13.1. The van der Waals surface area contributed by atoms with Gasteiger partial charge in [-0.05, 0) is 94.5 Å². The third-order valence-corrected chi connectivity index (χ3v) is 34.4. The number of anilines is 5. The van der Waals surface area contributed by atoms with Crippen molar-refractivity contribution in [2.75, 3.05) is 42.9 Å². The number of carbonyl (C=O) groups is 5. The molecule has 37 nitrogen and oxygen atoms in total. The van der Waals surface area contributed by atoms with Crippen LogP contribution < -0.4 is 38.0 Å². The maximum atomic E-state index is 13.9. The van der Waals surface area contributed by atoms with Gasteiger partial charge in [0.1, 0.15) is 65.4 Å². The number of oxazole rings is 5. The zero-order valence-corrected chi connectivity index (χ0v) is 78.6. The summed E-state index contributed by atoms with van der Waals surface area (Å²) in [6.07, 6.45) is 22.1. The molecule has 0 fully saturated rings. The van der Waals surface area contributed by atoms with E-state index in [-0.39, 0.29) is 161 Å². The van der Waals surface area contributed by atoms with Gasteiger partial charge in [0.2, 0.25) is 23.6 Å². The average Bonchev–Trinajstić information content (AvgIpc) is 1.20. The van der Waals surface area contributed by atoms with Gasteiger partial charge in [0.15, 0.2) is 106 Å².